The normalized spacial score (nSPS) is 11.5. The van der Waals surface area contributed by atoms with Gasteiger partial charge in [0, 0.05) is 38.6 Å². The van der Waals surface area contributed by atoms with Crippen LogP contribution < -0.4 is 0 Å². The van der Waals surface area contributed by atoms with Crippen molar-refractivity contribution in [2.45, 2.75) is 0 Å². The second-order valence-corrected chi connectivity index (χ2v) is 11.0. The van der Waals surface area contributed by atoms with Gasteiger partial charge in [-0.15, -0.1) is 22.7 Å². The van der Waals surface area contributed by atoms with E-state index in [-0.39, 0.29) is 0 Å². The zero-order valence-electron chi connectivity index (χ0n) is 21.1. The van der Waals surface area contributed by atoms with E-state index in [2.05, 4.69) is 76.4 Å². The monoisotopic (exact) mass is 552 g/mol. The van der Waals surface area contributed by atoms with Crippen LogP contribution in [-0.4, -0.2) is 9.97 Å². The van der Waals surface area contributed by atoms with Crippen LogP contribution in [0.25, 0.3) is 77.4 Å². The van der Waals surface area contributed by atoms with Crippen LogP contribution in [0, 0.1) is 0 Å². The smallest absolute Gasteiger partial charge is 0.0981 e. The number of furan rings is 2. The largest absolute Gasteiger partial charge is 0.472 e. The molecule has 190 valence electrons. The van der Waals surface area contributed by atoms with E-state index in [4.69, 9.17) is 13.8 Å². The Hall–Kier alpha value is -4.78. The quantitative estimate of drug-likeness (QED) is 0.213. The Morgan fingerprint density at radius 1 is 0.500 bits per heavy atom. The fourth-order valence-corrected chi connectivity index (χ4v) is 6.76. The van der Waals surface area contributed by atoms with Gasteiger partial charge in [-0.05, 0) is 62.5 Å². The molecule has 0 aliphatic rings. The summed E-state index contributed by atoms with van der Waals surface area (Å²) in [5, 5.41) is 8.84. The molecule has 0 fully saturated rings. The molecule has 0 amide bonds. The Bertz CT molecular complexity index is 2090. The molecule has 0 N–H and O–H groups in total. The molecule has 0 aliphatic heterocycles. The van der Waals surface area contributed by atoms with Crippen LogP contribution >= 0.6 is 22.7 Å². The Labute approximate surface area is 237 Å². The summed E-state index contributed by atoms with van der Waals surface area (Å²) in [5.74, 6) is 0. The molecule has 0 radical (unpaired) electrons. The molecule has 0 spiro atoms. The molecule has 0 aliphatic carbocycles. The van der Waals surface area contributed by atoms with Crippen LogP contribution in [0.3, 0.4) is 0 Å². The lowest BCUT2D eigenvalue weighted by Crippen LogP contribution is -1.92. The van der Waals surface area contributed by atoms with Crippen molar-refractivity contribution >= 4 is 44.2 Å². The van der Waals surface area contributed by atoms with Crippen molar-refractivity contribution in [3.8, 4) is 55.9 Å². The molecule has 0 bridgehead atoms. The molecular weight excluding hydrogens is 533 g/mol. The van der Waals surface area contributed by atoms with Crippen molar-refractivity contribution in [1.82, 2.24) is 9.97 Å². The van der Waals surface area contributed by atoms with E-state index in [1.807, 2.05) is 29.4 Å². The van der Waals surface area contributed by atoms with Crippen LogP contribution in [0.4, 0.5) is 0 Å². The van der Waals surface area contributed by atoms with E-state index in [0.29, 0.717) is 0 Å². The Morgan fingerprint density at radius 2 is 1.18 bits per heavy atom. The molecule has 6 heteroatoms. The van der Waals surface area contributed by atoms with Gasteiger partial charge in [0.1, 0.15) is 0 Å². The molecule has 0 atom stereocenters. The first-order valence-electron chi connectivity index (χ1n) is 12.8. The van der Waals surface area contributed by atoms with Gasteiger partial charge in [-0.2, -0.15) is 0 Å². The third kappa shape index (κ3) is 3.72. The summed E-state index contributed by atoms with van der Waals surface area (Å²) in [6.45, 7) is 0. The lowest BCUT2D eigenvalue weighted by atomic mass is 9.86. The van der Waals surface area contributed by atoms with Crippen LogP contribution in [0.2, 0.25) is 0 Å². The third-order valence-corrected chi connectivity index (χ3v) is 8.60. The zero-order valence-corrected chi connectivity index (χ0v) is 22.7. The first kappa shape index (κ1) is 23.1. The number of benzene rings is 4. The van der Waals surface area contributed by atoms with Gasteiger partial charge < -0.3 is 8.83 Å². The Kier molecular flexibility index (Phi) is 5.47. The minimum atomic E-state index is 0.972. The summed E-state index contributed by atoms with van der Waals surface area (Å²) in [4.78, 5) is 9.36. The van der Waals surface area contributed by atoms with Gasteiger partial charge in [0.05, 0.1) is 47.5 Å². The maximum absolute atomic E-state index is 5.60. The average Bonchev–Trinajstić information content (AvgIpc) is 3.84. The van der Waals surface area contributed by atoms with Crippen molar-refractivity contribution in [3.63, 3.8) is 0 Å². The highest BCUT2D eigenvalue weighted by Crippen LogP contribution is 2.44. The average molecular weight is 553 g/mol. The highest BCUT2D eigenvalue weighted by atomic mass is 32.1. The van der Waals surface area contributed by atoms with Crippen LogP contribution in [0.5, 0.6) is 0 Å². The minimum absolute atomic E-state index is 0.972. The molecule has 0 unspecified atom stereocenters. The number of thiazole rings is 2. The van der Waals surface area contributed by atoms with Gasteiger partial charge in [0.2, 0.25) is 0 Å². The van der Waals surface area contributed by atoms with Crippen molar-refractivity contribution in [3.05, 3.63) is 120 Å². The number of fused-ring (bicyclic) bond motifs is 2. The standard InChI is InChI=1S/C34H20N2O2S2/c1-3-24(21-9-11-37-15-21)27-8-7-25(34(29(27)6-1)22-10-12-38-16-22)23-13-30-26(31(14-23)33-18-40-20-36-33)4-2-5-28(30)32-17-39-19-35-32/h1-20H. The number of nitrogens with zero attached hydrogens (tertiary/aromatic N) is 2. The SMILES string of the molecule is c1cc(-c2cscn2)c2cc(-c3ccc4c(-c5ccoc5)cccc4c3-c3ccoc3)cc(-c3cscn3)c2c1. The molecule has 0 saturated carbocycles. The molecule has 8 aromatic rings. The van der Waals surface area contributed by atoms with E-state index in [0.717, 1.165) is 77.4 Å². The van der Waals surface area contributed by atoms with Gasteiger partial charge in [-0.25, -0.2) is 9.97 Å². The van der Waals surface area contributed by atoms with Gasteiger partial charge in [0.25, 0.3) is 0 Å². The maximum atomic E-state index is 5.60. The van der Waals surface area contributed by atoms with Gasteiger partial charge >= 0.3 is 0 Å². The topological polar surface area (TPSA) is 52.1 Å². The summed E-state index contributed by atoms with van der Waals surface area (Å²) in [6, 6.07) is 25.9. The number of hydrogen-bond acceptors (Lipinski definition) is 6. The van der Waals surface area contributed by atoms with Crippen molar-refractivity contribution in [2.24, 2.45) is 0 Å². The number of aromatic nitrogens is 2. The fraction of sp³-hybridized carbons (Fsp3) is 0. The van der Waals surface area contributed by atoms with Crippen molar-refractivity contribution in [2.75, 3.05) is 0 Å². The Balaban J connectivity index is 1.46. The second kappa shape index (κ2) is 9.45. The second-order valence-electron chi connectivity index (χ2n) is 9.58. The van der Waals surface area contributed by atoms with Gasteiger partial charge in [-0.1, -0.05) is 48.5 Å². The van der Waals surface area contributed by atoms with Crippen LogP contribution in [0.15, 0.2) is 128 Å². The lowest BCUT2D eigenvalue weighted by Gasteiger charge is -2.17. The predicted octanol–water partition coefficient (Wildman–Crippen LogP) is 10.4. The predicted molar refractivity (Wildman–Crippen MR) is 165 cm³/mol. The first-order chi connectivity index (χ1) is 19.8. The maximum Gasteiger partial charge on any atom is 0.0981 e. The van der Waals surface area contributed by atoms with Gasteiger partial charge in [-0.3, -0.25) is 0 Å². The Morgan fingerprint density at radius 3 is 1.88 bits per heavy atom. The minimum Gasteiger partial charge on any atom is -0.472 e. The van der Waals surface area contributed by atoms with E-state index >= 15 is 0 Å². The molecular formula is C34H20N2O2S2. The molecule has 4 aromatic heterocycles. The third-order valence-electron chi connectivity index (χ3n) is 7.43. The highest BCUT2D eigenvalue weighted by molar-refractivity contribution is 7.08. The van der Waals surface area contributed by atoms with Crippen molar-refractivity contribution < 1.29 is 8.83 Å². The molecule has 8 rings (SSSR count). The number of hydrogen-bond donors (Lipinski definition) is 0. The van der Waals surface area contributed by atoms with E-state index in [9.17, 15) is 0 Å². The van der Waals surface area contributed by atoms with Crippen LogP contribution in [0.1, 0.15) is 0 Å². The molecule has 4 aromatic carbocycles. The number of rotatable bonds is 5. The summed E-state index contributed by atoms with van der Waals surface area (Å²) in [5.41, 5.74) is 14.6. The molecule has 4 nitrogen and oxygen atoms in total. The van der Waals surface area contributed by atoms with E-state index in [1.165, 1.54) is 0 Å². The molecule has 40 heavy (non-hydrogen) atoms. The van der Waals surface area contributed by atoms with Crippen LogP contribution in [-0.2, 0) is 0 Å². The van der Waals surface area contributed by atoms with E-state index < -0.39 is 0 Å². The summed E-state index contributed by atoms with van der Waals surface area (Å²) in [7, 11) is 0. The van der Waals surface area contributed by atoms with Gasteiger partial charge in [0.15, 0.2) is 0 Å². The molecule has 0 saturated heterocycles. The highest BCUT2D eigenvalue weighted by Gasteiger charge is 2.19. The first-order valence-corrected chi connectivity index (χ1v) is 14.7. The molecule has 4 heterocycles. The van der Waals surface area contributed by atoms with E-state index in [1.54, 1.807) is 41.5 Å². The summed E-state index contributed by atoms with van der Waals surface area (Å²) in [6.07, 6.45) is 7.07. The lowest BCUT2D eigenvalue weighted by molar-refractivity contribution is 0.568. The fourth-order valence-electron chi connectivity index (χ4n) is 5.65. The summed E-state index contributed by atoms with van der Waals surface area (Å²) < 4.78 is 11.0. The zero-order chi connectivity index (χ0) is 26.5. The van der Waals surface area contributed by atoms with Crippen molar-refractivity contribution in [1.29, 1.82) is 0 Å². The summed E-state index contributed by atoms with van der Waals surface area (Å²) >= 11 is 3.22.